The number of hydrogen-bond acceptors (Lipinski definition) is 4. The number of carbonyl (C=O) groups excluding carboxylic acids is 1. The molecule has 30 heavy (non-hydrogen) atoms. The van der Waals surface area contributed by atoms with Gasteiger partial charge in [0.25, 0.3) is 0 Å². The van der Waals surface area contributed by atoms with E-state index in [1.807, 2.05) is 67.1 Å². The average Bonchev–Trinajstić information content (AvgIpc) is 3.05. The molecular weight excluding hydrogens is 376 g/mol. The second-order valence-corrected chi connectivity index (χ2v) is 7.36. The second-order valence-electron chi connectivity index (χ2n) is 7.36. The Morgan fingerprint density at radius 3 is 2.57 bits per heavy atom. The summed E-state index contributed by atoms with van der Waals surface area (Å²) in [4.78, 5) is 15.0. The standard InChI is InChI=1S/C24H30N4O2/c1-6-27(18(3)20-11-10-14-22(15-20)30-5)16-23(29)25-24-17(2)26-28(19(24)4)21-12-8-7-9-13-21/h7-15,18H,6,16H2,1-5H3,(H,25,29). The molecule has 0 saturated carbocycles. The van der Waals surface area contributed by atoms with Crippen LogP contribution in [0.4, 0.5) is 5.69 Å². The molecule has 2 aromatic carbocycles. The van der Waals surface area contributed by atoms with Gasteiger partial charge in [0.15, 0.2) is 0 Å². The van der Waals surface area contributed by atoms with Gasteiger partial charge in [-0.1, -0.05) is 37.3 Å². The molecule has 0 fully saturated rings. The van der Waals surface area contributed by atoms with E-state index in [1.165, 1.54) is 0 Å². The molecule has 3 aromatic rings. The normalized spacial score (nSPS) is 12.1. The summed E-state index contributed by atoms with van der Waals surface area (Å²) in [6, 6.07) is 18.0. The third-order valence-corrected chi connectivity index (χ3v) is 5.43. The summed E-state index contributed by atoms with van der Waals surface area (Å²) in [5.74, 6) is 0.768. The summed E-state index contributed by atoms with van der Waals surface area (Å²) in [5, 5.41) is 7.68. The van der Waals surface area contributed by atoms with Gasteiger partial charge in [0, 0.05) is 6.04 Å². The fourth-order valence-corrected chi connectivity index (χ4v) is 3.64. The Morgan fingerprint density at radius 1 is 1.17 bits per heavy atom. The fourth-order valence-electron chi connectivity index (χ4n) is 3.64. The number of anilines is 1. The molecule has 0 radical (unpaired) electrons. The van der Waals surface area contributed by atoms with E-state index in [2.05, 4.69) is 35.2 Å². The molecule has 6 nitrogen and oxygen atoms in total. The number of rotatable bonds is 8. The lowest BCUT2D eigenvalue weighted by Crippen LogP contribution is -2.35. The molecule has 0 aliphatic carbocycles. The van der Waals surface area contributed by atoms with Crippen LogP contribution in [0.2, 0.25) is 0 Å². The van der Waals surface area contributed by atoms with Crippen molar-refractivity contribution < 1.29 is 9.53 Å². The Morgan fingerprint density at radius 2 is 1.90 bits per heavy atom. The maximum atomic E-state index is 12.9. The van der Waals surface area contributed by atoms with Gasteiger partial charge in [0.2, 0.25) is 5.91 Å². The number of benzene rings is 2. The number of nitrogens with one attached hydrogen (secondary N) is 1. The second kappa shape index (κ2) is 9.59. The summed E-state index contributed by atoms with van der Waals surface area (Å²) in [6.45, 7) is 9.11. The zero-order valence-electron chi connectivity index (χ0n) is 18.3. The van der Waals surface area contributed by atoms with Gasteiger partial charge in [-0.05, 0) is 57.1 Å². The number of likely N-dealkylation sites (N-methyl/N-ethyl adjacent to an activating group) is 1. The topological polar surface area (TPSA) is 59.4 Å². The summed E-state index contributed by atoms with van der Waals surface area (Å²) in [7, 11) is 1.66. The van der Waals surface area contributed by atoms with Crippen LogP contribution >= 0.6 is 0 Å². The van der Waals surface area contributed by atoms with Gasteiger partial charge in [-0.2, -0.15) is 5.10 Å². The van der Waals surface area contributed by atoms with Gasteiger partial charge in [0.1, 0.15) is 5.75 Å². The molecule has 1 aromatic heterocycles. The first-order chi connectivity index (χ1) is 14.4. The molecule has 0 aliphatic heterocycles. The van der Waals surface area contributed by atoms with Crippen LogP contribution in [-0.2, 0) is 4.79 Å². The van der Waals surface area contributed by atoms with Gasteiger partial charge in [-0.15, -0.1) is 0 Å². The SMILES string of the molecule is CCN(CC(=O)Nc1c(C)nn(-c2ccccc2)c1C)C(C)c1cccc(OC)c1. The van der Waals surface area contributed by atoms with Crippen molar-refractivity contribution in [3.05, 3.63) is 71.5 Å². The average molecular weight is 407 g/mol. The number of hydrogen-bond donors (Lipinski definition) is 1. The number of aryl methyl sites for hydroxylation is 1. The van der Waals surface area contributed by atoms with Crippen molar-refractivity contribution in [2.24, 2.45) is 0 Å². The Balaban J connectivity index is 1.73. The van der Waals surface area contributed by atoms with Crippen LogP contribution < -0.4 is 10.1 Å². The Bertz CT molecular complexity index is 998. The number of para-hydroxylation sites is 1. The highest BCUT2D eigenvalue weighted by Crippen LogP contribution is 2.25. The minimum atomic E-state index is -0.0505. The van der Waals surface area contributed by atoms with Gasteiger partial charge < -0.3 is 10.1 Å². The van der Waals surface area contributed by atoms with Crippen LogP contribution in [0.15, 0.2) is 54.6 Å². The fraction of sp³-hybridized carbons (Fsp3) is 0.333. The van der Waals surface area contributed by atoms with Crippen molar-refractivity contribution in [3.63, 3.8) is 0 Å². The quantitative estimate of drug-likeness (QED) is 0.598. The van der Waals surface area contributed by atoms with Gasteiger partial charge in [0.05, 0.1) is 36.4 Å². The molecule has 0 bridgehead atoms. The smallest absolute Gasteiger partial charge is 0.238 e. The predicted octanol–water partition coefficient (Wildman–Crippen LogP) is 4.52. The van der Waals surface area contributed by atoms with Gasteiger partial charge >= 0.3 is 0 Å². The van der Waals surface area contributed by atoms with E-state index in [-0.39, 0.29) is 11.9 Å². The third kappa shape index (κ3) is 4.71. The minimum Gasteiger partial charge on any atom is -0.497 e. The van der Waals surface area contributed by atoms with Crippen molar-refractivity contribution in [1.29, 1.82) is 0 Å². The van der Waals surface area contributed by atoms with Crippen molar-refractivity contribution in [1.82, 2.24) is 14.7 Å². The van der Waals surface area contributed by atoms with Gasteiger partial charge in [-0.25, -0.2) is 4.68 Å². The lowest BCUT2D eigenvalue weighted by Gasteiger charge is -2.27. The maximum Gasteiger partial charge on any atom is 0.238 e. The zero-order valence-corrected chi connectivity index (χ0v) is 18.3. The number of nitrogens with zero attached hydrogens (tertiary/aromatic N) is 3. The van der Waals surface area contributed by atoms with E-state index in [1.54, 1.807) is 7.11 Å². The van der Waals surface area contributed by atoms with E-state index >= 15 is 0 Å². The van der Waals surface area contributed by atoms with Crippen LogP contribution in [0.5, 0.6) is 5.75 Å². The van der Waals surface area contributed by atoms with E-state index in [4.69, 9.17) is 4.74 Å². The molecular formula is C24H30N4O2. The van der Waals surface area contributed by atoms with Crippen LogP contribution in [0.25, 0.3) is 5.69 Å². The van der Waals surface area contributed by atoms with Crippen LogP contribution in [0.3, 0.4) is 0 Å². The maximum absolute atomic E-state index is 12.9. The molecule has 3 rings (SSSR count). The van der Waals surface area contributed by atoms with Crippen LogP contribution in [-0.4, -0.2) is 40.8 Å². The number of ether oxygens (including phenoxy) is 1. The molecule has 1 unspecified atom stereocenters. The zero-order chi connectivity index (χ0) is 21.7. The van der Waals surface area contributed by atoms with E-state index in [0.29, 0.717) is 6.54 Å². The largest absolute Gasteiger partial charge is 0.497 e. The lowest BCUT2D eigenvalue weighted by molar-refractivity contribution is -0.117. The lowest BCUT2D eigenvalue weighted by atomic mass is 10.1. The highest BCUT2D eigenvalue weighted by molar-refractivity contribution is 5.93. The van der Waals surface area contributed by atoms with Crippen molar-refractivity contribution in [3.8, 4) is 11.4 Å². The molecule has 1 atom stereocenters. The number of carbonyl (C=O) groups is 1. The minimum absolute atomic E-state index is 0.0505. The summed E-state index contributed by atoms with van der Waals surface area (Å²) in [5.41, 5.74) is 4.58. The highest BCUT2D eigenvalue weighted by atomic mass is 16.5. The van der Waals surface area contributed by atoms with Gasteiger partial charge in [-0.3, -0.25) is 9.69 Å². The van der Waals surface area contributed by atoms with Crippen molar-refractivity contribution >= 4 is 11.6 Å². The Labute approximate surface area is 178 Å². The van der Waals surface area contributed by atoms with Crippen molar-refractivity contribution in [2.45, 2.75) is 33.7 Å². The molecule has 1 amide bonds. The monoisotopic (exact) mass is 406 g/mol. The van der Waals surface area contributed by atoms with Crippen molar-refractivity contribution in [2.75, 3.05) is 25.5 Å². The van der Waals surface area contributed by atoms with Crippen LogP contribution in [0.1, 0.15) is 36.8 Å². The molecule has 158 valence electrons. The summed E-state index contributed by atoms with van der Waals surface area (Å²) >= 11 is 0. The first kappa shape index (κ1) is 21.6. The molecule has 0 saturated heterocycles. The number of amides is 1. The first-order valence-corrected chi connectivity index (χ1v) is 10.2. The summed E-state index contributed by atoms with van der Waals surface area (Å²) in [6.07, 6.45) is 0. The molecule has 1 heterocycles. The number of methoxy groups -OCH3 is 1. The number of aromatic nitrogens is 2. The molecule has 1 N–H and O–H groups in total. The third-order valence-electron chi connectivity index (χ3n) is 5.43. The summed E-state index contributed by atoms with van der Waals surface area (Å²) < 4.78 is 7.20. The Kier molecular flexibility index (Phi) is 6.90. The highest BCUT2D eigenvalue weighted by Gasteiger charge is 2.20. The predicted molar refractivity (Wildman–Crippen MR) is 120 cm³/mol. The molecule has 0 spiro atoms. The molecule has 0 aliphatic rings. The first-order valence-electron chi connectivity index (χ1n) is 10.2. The van der Waals surface area contributed by atoms with E-state index in [0.717, 1.165) is 40.6 Å². The van der Waals surface area contributed by atoms with Crippen LogP contribution in [0, 0.1) is 13.8 Å². The van der Waals surface area contributed by atoms with E-state index < -0.39 is 0 Å². The Hall–Kier alpha value is -3.12. The van der Waals surface area contributed by atoms with E-state index in [9.17, 15) is 4.79 Å². The molecule has 6 heteroatoms.